The van der Waals surface area contributed by atoms with Crippen LogP contribution in [0.1, 0.15) is 4.88 Å². The second kappa shape index (κ2) is 4.83. The molecule has 3 rings (SSSR count). The van der Waals surface area contributed by atoms with Crippen LogP contribution in [0.5, 0.6) is 0 Å². The second-order valence-electron chi connectivity index (χ2n) is 3.65. The fourth-order valence-electron chi connectivity index (χ4n) is 1.62. The molecule has 92 valence electrons. The number of nitrogens with two attached hydrogens (primary N) is 1. The van der Waals surface area contributed by atoms with E-state index in [1.165, 1.54) is 4.88 Å². The average Bonchev–Trinajstić information content (AvgIpc) is 2.94. The van der Waals surface area contributed by atoms with Gasteiger partial charge in [-0.15, -0.1) is 22.7 Å². The van der Waals surface area contributed by atoms with Gasteiger partial charge in [0.2, 0.25) is 5.95 Å². The highest BCUT2D eigenvalue weighted by Gasteiger charge is 2.07. The molecule has 0 aliphatic carbocycles. The molecule has 0 fully saturated rings. The van der Waals surface area contributed by atoms with Crippen LogP contribution in [-0.4, -0.2) is 9.97 Å². The lowest BCUT2D eigenvalue weighted by Gasteiger charge is -2.05. The first-order valence-corrected chi connectivity index (χ1v) is 7.75. The summed E-state index contributed by atoms with van der Waals surface area (Å²) in [6.45, 7) is 0.734. The molecule has 3 N–H and O–H groups in total. The summed E-state index contributed by atoms with van der Waals surface area (Å²) in [4.78, 5) is 10.6. The molecule has 0 unspecified atom stereocenters. The third-order valence-corrected chi connectivity index (χ3v) is 4.90. The number of thiophene rings is 2. The van der Waals surface area contributed by atoms with Crippen LogP contribution in [0, 0.1) is 0 Å². The molecule has 0 amide bonds. The van der Waals surface area contributed by atoms with Gasteiger partial charge in [0.05, 0.1) is 11.9 Å². The molecule has 7 heteroatoms. The third kappa shape index (κ3) is 2.33. The van der Waals surface area contributed by atoms with Crippen LogP contribution in [-0.2, 0) is 6.54 Å². The van der Waals surface area contributed by atoms with Crippen molar-refractivity contribution in [1.29, 1.82) is 0 Å². The molecule has 3 aromatic heterocycles. The van der Waals surface area contributed by atoms with E-state index in [1.807, 2.05) is 11.4 Å². The van der Waals surface area contributed by atoms with Crippen LogP contribution in [0.3, 0.4) is 0 Å². The van der Waals surface area contributed by atoms with Gasteiger partial charge >= 0.3 is 0 Å². The highest BCUT2D eigenvalue weighted by Crippen LogP contribution is 2.27. The lowest BCUT2D eigenvalue weighted by atomic mass is 10.3. The summed E-state index contributed by atoms with van der Waals surface area (Å²) in [5, 5.41) is 8.38. The highest BCUT2D eigenvalue weighted by atomic mass is 79.9. The van der Waals surface area contributed by atoms with E-state index in [2.05, 4.69) is 42.7 Å². The summed E-state index contributed by atoms with van der Waals surface area (Å²) >= 11 is 6.71. The summed E-state index contributed by atoms with van der Waals surface area (Å²) < 4.78 is 1.10. The van der Waals surface area contributed by atoms with Crippen molar-refractivity contribution < 1.29 is 0 Å². The van der Waals surface area contributed by atoms with Crippen molar-refractivity contribution >= 4 is 60.6 Å². The van der Waals surface area contributed by atoms with Gasteiger partial charge < -0.3 is 11.1 Å². The minimum absolute atomic E-state index is 0.305. The number of halogens is 1. The summed E-state index contributed by atoms with van der Waals surface area (Å²) in [7, 11) is 0. The lowest BCUT2D eigenvalue weighted by molar-refractivity contribution is 1.14. The van der Waals surface area contributed by atoms with Crippen molar-refractivity contribution in [3.05, 3.63) is 32.2 Å². The zero-order chi connectivity index (χ0) is 12.5. The van der Waals surface area contributed by atoms with Crippen LogP contribution < -0.4 is 11.1 Å². The number of hydrogen-bond acceptors (Lipinski definition) is 6. The van der Waals surface area contributed by atoms with Crippen LogP contribution >= 0.6 is 38.6 Å². The first kappa shape index (κ1) is 11.9. The third-order valence-electron chi connectivity index (χ3n) is 2.39. The molecule has 4 nitrogen and oxygen atoms in total. The van der Waals surface area contributed by atoms with Crippen molar-refractivity contribution in [1.82, 2.24) is 9.97 Å². The minimum Gasteiger partial charge on any atom is -0.368 e. The molecule has 0 atom stereocenters. The summed E-state index contributed by atoms with van der Waals surface area (Å²) in [5.41, 5.74) is 5.70. The average molecular weight is 341 g/mol. The molecule has 3 aromatic rings. The number of hydrogen-bond donors (Lipinski definition) is 2. The predicted molar refractivity (Wildman–Crippen MR) is 81.2 cm³/mol. The first-order chi connectivity index (χ1) is 8.72. The maximum Gasteiger partial charge on any atom is 0.223 e. The van der Waals surface area contributed by atoms with Crippen LogP contribution in [0.4, 0.5) is 11.8 Å². The SMILES string of the molecule is Nc1nc(NCc2cc(Br)cs2)c2ccsc2n1. The topological polar surface area (TPSA) is 63.8 Å². The van der Waals surface area contributed by atoms with Gasteiger partial charge in [-0.3, -0.25) is 0 Å². The first-order valence-electron chi connectivity index (χ1n) is 5.20. The van der Waals surface area contributed by atoms with E-state index in [-0.39, 0.29) is 0 Å². The van der Waals surface area contributed by atoms with Gasteiger partial charge in [-0.2, -0.15) is 4.98 Å². The van der Waals surface area contributed by atoms with E-state index < -0.39 is 0 Å². The molecular formula is C11H9BrN4S2. The minimum atomic E-state index is 0.305. The molecule has 3 heterocycles. The van der Waals surface area contributed by atoms with Crippen LogP contribution in [0.25, 0.3) is 10.2 Å². The predicted octanol–water partition coefficient (Wildman–Crippen LogP) is 3.71. The largest absolute Gasteiger partial charge is 0.368 e. The van der Waals surface area contributed by atoms with Gasteiger partial charge in [-0.25, -0.2) is 4.98 Å². The standard InChI is InChI=1S/C11H9BrN4S2/c12-6-3-7(18-5-6)4-14-9-8-1-2-17-10(8)16-11(13)15-9/h1-3,5H,4H2,(H3,13,14,15,16). The number of anilines is 2. The summed E-state index contributed by atoms with van der Waals surface area (Å²) in [5.74, 6) is 1.10. The molecular weight excluding hydrogens is 332 g/mol. The van der Waals surface area contributed by atoms with Gasteiger partial charge in [0.15, 0.2) is 0 Å². The zero-order valence-electron chi connectivity index (χ0n) is 9.18. The smallest absolute Gasteiger partial charge is 0.223 e. The number of fused-ring (bicyclic) bond motifs is 1. The maximum atomic E-state index is 5.70. The molecule has 0 aliphatic heterocycles. The van der Waals surface area contributed by atoms with Gasteiger partial charge in [0.1, 0.15) is 10.6 Å². The monoisotopic (exact) mass is 340 g/mol. The molecule has 0 aromatic carbocycles. The second-order valence-corrected chi connectivity index (χ2v) is 6.46. The summed E-state index contributed by atoms with van der Waals surface area (Å²) in [6, 6.07) is 4.10. The fraction of sp³-hybridized carbons (Fsp3) is 0.0909. The molecule has 0 bridgehead atoms. The molecule has 0 saturated heterocycles. The number of nitrogens with one attached hydrogen (secondary N) is 1. The van der Waals surface area contributed by atoms with Crippen molar-refractivity contribution in [2.45, 2.75) is 6.54 Å². The van der Waals surface area contributed by atoms with Gasteiger partial charge in [-0.05, 0) is 33.4 Å². The quantitative estimate of drug-likeness (QED) is 0.762. The molecule has 0 aliphatic rings. The van der Waals surface area contributed by atoms with Gasteiger partial charge in [-0.1, -0.05) is 0 Å². The van der Waals surface area contributed by atoms with Crippen molar-refractivity contribution in [3.63, 3.8) is 0 Å². The Morgan fingerprint density at radius 3 is 3.00 bits per heavy atom. The zero-order valence-corrected chi connectivity index (χ0v) is 12.4. The Labute approximate surface area is 120 Å². The Hall–Kier alpha value is -1.18. The molecule has 0 radical (unpaired) electrons. The van der Waals surface area contributed by atoms with E-state index in [1.54, 1.807) is 22.7 Å². The van der Waals surface area contributed by atoms with E-state index >= 15 is 0 Å². The summed E-state index contributed by atoms with van der Waals surface area (Å²) in [6.07, 6.45) is 0. The van der Waals surface area contributed by atoms with E-state index in [4.69, 9.17) is 5.73 Å². The number of rotatable bonds is 3. The van der Waals surface area contributed by atoms with Gasteiger partial charge in [0.25, 0.3) is 0 Å². The van der Waals surface area contributed by atoms with Crippen LogP contribution in [0.2, 0.25) is 0 Å². The highest BCUT2D eigenvalue weighted by molar-refractivity contribution is 9.10. The lowest BCUT2D eigenvalue weighted by Crippen LogP contribution is -2.03. The number of aromatic nitrogens is 2. The van der Waals surface area contributed by atoms with Crippen molar-refractivity contribution in [3.8, 4) is 0 Å². The maximum absolute atomic E-state index is 5.70. The Balaban J connectivity index is 1.87. The van der Waals surface area contributed by atoms with Crippen molar-refractivity contribution in [2.75, 3.05) is 11.1 Å². The normalized spacial score (nSPS) is 10.9. The Morgan fingerprint density at radius 1 is 1.33 bits per heavy atom. The van der Waals surface area contributed by atoms with E-state index in [0.29, 0.717) is 5.95 Å². The van der Waals surface area contributed by atoms with Crippen molar-refractivity contribution in [2.24, 2.45) is 0 Å². The van der Waals surface area contributed by atoms with Crippen LogP contribution in [0.15, 0.2) is 27.4 Å². The molecule has 0 spiro atoms. The Kier molecular flexibility index (Phi) is 3.19. The molecule has 18 heavy (non-hydrogen) atoms. The number of nitrogen functional groups attached to an aromatic ring is 1. The molecule has 0 saturated carbocycles. The van der Waals surface area contributed by atoms with E-state index in [9.17, 15) is 0 Å². The van der Waals surface area contributed by atoms with E-state index in [0.717, 1.165) is 27.1 Å². The van der Waals surface area contributed by atoms with Gasteiger partial charge in [0, 0.05) is 14.7 Å². The Bertz CT molecular complexity index is 691. The number of nitrogens with zero attached hydrogens (tertiary/aromatic N) is 2. The Morgan fingerprint density at radius 2 is 2.22 bits per heavy atom. The fourth-order valence-corrected chi connectivity index (χ4v) is 3.79.